The van der Waals surface area contributed by atoms with Crippen LogP contribution >= 0.6 is 0 Å². The molecule has 0 aromatic carbocycles. The van der Waals surface area contributed by atoms with Crippen LogP contribution in [0.5, 0.6) is 0 Å². The first-order valence-corrected chi connectivity index (χ1v) is 21.5. The van der Waals surface area contributed by atoms with Crippen LogP contribution in [0.25, 0.3) is 0 Å². The summed E-state index contributed by atoms with van der Waals surface area (Å²) in [5.74, 6) is -5.51. The number of aliphatic hydroxyl groups excluding tert-OH is 1. The van der Waals surface area contributed by atoms with Crippen LogP contribution in [0.1, 0.15) is 109 Å². The van der Waals surface area contributed by atoms with Crippen molar-refractivity contribution in [3.63, 3.8) is 0 Å². The van der Waals surface area contributed by atoms with E-state index in [-0.39, 0.29) is 43.6 Å². The van der Waals surface area contributed by atoms with E-state index in [4.69, 9.17) is 4.74 Å². The molecule has 0 saturated carbocycles. The van der Waals surface area contributed by atoms with Crippen molar-refractivity contribution in [3.8, 4) is 0 Å². The van der Waals surface area contributed by atoms with Gasteiger partial charge in [-0.3, -0.25) is 38.4 Å². The number of hydrogen-bond donors (Lipinski definition) is 4. The Bertz CT molecular complexity index is 1550. The van der Waals surface area contributed by atoms with Gasteiger partial charge in [-0.1, -0.05) is 48.0 Å². The molecule has 0 spiro atoms. The summed E-state index contributed by atoms with van der Waals surface area (Å²) in [5.41, 5.74) is -0.734. The number of aliphatic hydroxyl groups is 1. The highest BCUT2D eigenvalue weighted by atomic mass is 16.5. The summed E-state index contributed by atoms with van der Waals surface area (Å²) in [6.07, 6.45) is -0.704. The largest absolute Gasteiger partial charge is 0.391 e. The zero-order chi connectivity index (χ0) is 47.4. The molecule has 61 heavy (non-hydrogen) atoms. The summed E-state index contributed by atoms with van der Waals surface area (Å²) >= 11 is 0. The molecule has 0 bridgehead atoms. The second kappa shape index (κ2) is 23.8. The SMILES string of the molecule is CC[C@H](C)[C@H]1C(=O)N[C@@H](C)CC(=O)N(C)[C@H](C)C(=O)N(C)[C@@H](CC(C)C)C(=O)N[C@@H]([C@@H](C)O)C(=O)N(C)CC(=O)N[C@@H](COC(C)(C)C)C(=O)N(C)[C@@H](CC(C)C)C(=O)N1C. The van der Waals surface area contributed by atoms with Crippen LogP contribution in [-0.2, 0) is 43.1 Å². The lowest BCUT2D eigenvalue weighted by Crippen LogP contribution is -2.61. The van der Waals surface area contributed by atoms with Crippen molar-refractivity contribution >= 4 is 47.3 Å². The fraction of sp³-hybridized carbons (Fsp3) is 0.814. The van der Waals surface area contributed by atoms with Gasteiger partial charge in [0.1, 0.15) is 36.3 Å². The Hall–Kier alpha value is -4.32. The summed E-state index contributed by atoms with van der Waals surface area (Å²) in [6.45, 7) is 20.1. The number of ether oxygens (including phenoxy) is 1. The average Bonchev–Trinajstić information content (AvgIpc) is 3.15. The van der Waals surface area contributed by atoms with E-state index in [9.17, 15) is 43.5 Å². The van der Waals surface area contributed by atoms with Gasteiger partial charge in [0.2, 0.25) is 47.3 Å². The van der Waals surface area contributed by atoms with Crippen molar-refractivity contribution in [3.05, 3.63) is 0 Å². The number of nitrogens with one attached hydrogen (secondary N) is 3. The van der Waals surface area contributed by atoms with Gasteiger partial charge in [-0.05, 0) is 72.1 Å². The molecule has 0 unspecified atom stereocenters. The Morgan fingerprint density at radius 2 is 1.21 bits per heavy atom. The molecule has 1 rings (SSSR count). The molecule has 350 valence electrons. The summed E-state index contributed by atoms with van der Waals surface area (Å²) in [6, 6.07) is -7.76. The third-order valence-electron chi connectivity index (χ3n) is 11.1. The Labute approximate surface area is 364 Å². The zero-order valence-electron chi connectivity index (χ0n) is 40.0. The van der Waals surface area contributed by atoms with Gasteiger partial charge in [0.25, 0.3) is 0 Å². The van der Waals surface area contributed by atoms with Gasteiger partial charge >= 0.3 is 0 Å². The zero-order valence-corrected chi connectivity index (χ0v) is 40.0. The molecule has 18 nitrogen and oxygen atoms in total. The summed E-state index contributed by atoms with van der Waals surface area (Å²) in [5, 5.41) is 18.9. The minimum atomic E-state index is -1.52. The van der Waals surface area contributed by atoms with Crippen molar-refractivity contribution in [1.82, 2.24) is 40.4 Å². The molecule has 1 aliphatic rings. The predicted molar refractivity (Wildman–Crippen MR) is 231 cm³/mol. The number of hydrogen-bond acceptors (Lipinski definition) is 10. The Morgan fingerprint density at radius 1 is 0.689 bits per heavy atom. The van der Waals surface area contributed by atoms with Crippen LogP contribution in [0, 0.1) is 17.8 Å². The number of rotatable bonds is 9. The maximum atomic E-state index is 14.5. The van der Waals surface area contributed by atoms with Crippen LogP contribution in [0.3, 0.4) is 0 Å². The van der Waals surface area contributed by atoms with E-state index < -0.39 is 108 Å². The molecule has 0 aromatic rings. The molecule has 0 radical (unpaired) electrons. The first-order chi connectivity index (χ1) is 28.0. The number of carbonyl (C=O) groups is 8. The van der Waals surface area contributed by atoms with Crippen LogP contribution in [-0.4, -0.2) is 179 Å². The van der Waals surface area contributed by atoms with E-state index in [1.165, 1.54) is 68.7 Å². The highest BCUT2D eigenvalue weighted by Crippen LogP contribution is 2.22. The van der Waals surface area contributed by atoms with E-state index in [1.807, 2.05) is 41.5 Å². The number of nitrogens with zero attached hydrogens (tertiary/aromatic N) is 5. The minimum Gasteiger partial charge on any atom is -0.391 e. The minimum absolute atomic E-state index is 0.0804. The lowest BCUT2D eigenvalue weighted by molar-refractivity contribution is -0.152. The second-order valence-electron chi connectivity index (χ2n) is 18.7. The molecule has 1 saturated heterocycles. The monoisotopic (exact) mass is 867 g/mol. The fourth-order valence-electron chi connectivity index (χ4n) is 7.10. The summed E-state index contributed by atoms with van der Waals surface area (Å²) in [7, 11) is 7.14. The van der Waals surface area contributed by atoms with Crippen molar-refractivity contribution in [2.45, 2.75) is 163 Å². The molecule has 0 aromatic heterocycles. The summed E-state index contributed by atoms with van der Waals surface area (Å²) < 4.78 is 5.96. The van der Waals surface area contributed by atoms with E-state index in [0.717, 1.165) is 4.90 Å². The third-order valence-corrected chi connectivity index (χ3v) is 11.1. The van der Waals surface area contributed by atoms with Crippen molar-refractivity contribution < 1.29 is 48.2 Å². The van der Waals surface area contributed by atoms with Gasteiger partial charge in [-0.25, -0.2) is 0 Å². The number of amides is 8. The highest BCUT2D eigenvalue weighted by Gasteiger charge is 2.41. The van der Waals surface area contributed by atoms with E-state index in [2.05, 4.69) is 16.0 Å². The smallest absolute Gasteiger partial charge is 0.248 e. The lowest BCUT2D eigenvalue weighted by Gasteiger charge is -2.38. The van der Waals surface area contributed by atoms with Gasteiger partial charge < -0.3 is 50.3 Å². The maximum Gasteiger partial charge on any atom is 0.248 e. The number of likely N-dealkylation sites (N-methyl/N-ethyl adjacent to an activating group) is 5. The topological polar surface area (TPSA) is 218 Å². The molecule has 18 heteroatoms. The van der Waals surface area contributed by atoms with Crippen molar-refractivity contribution in [2.75, 3.05) is 48.4 Å². The average molecular weight is 867 g/mol. The standard InChI is InChI=1S/C43H78N8O10/c1-18-26(6)36-38(56)44-27(7)21-34(54)48(14)28(8)39(57)49(15)31(19-24(2)3)37(55)46-35(29(9)52)42(60)47(13)22-33(53)45-30(23-61-43(10,11)12)40(58)50(16)32(20-25(4)5)41(59)51(36)17/h24-32,35-36,52H,18-23H2,1-17H3,(H,44,56)(H,45,53)(H,46,55)/t26-,27-,28+,29+,30-,31-,32-,35-,36-/m0/s1. The van der Waals surface area contributed by atoms with Gasteiger partial charge in [0, 0.05) is 47.7 Å². The first kappa shape index (κ1) is 54.7. The molecule has 4 N–H and O–H groups in total. The molecule has 0 aliphatic carbocycles. The fourth-order valence-corrected chi connectivity index (χ4v) is 7.10. The summed E-state index contributed by atoms with van der Waals surface area (Å²) in [4.78, 5) is 118. The quantitative estimate of drug-likeness (QED) is 0.258. The van der Waals surface area contributed by atoms with Gasteiger partial charge in [-0.15, -0.1) is 0 Å². The van der Waals surface area contributed by atoms with Crippen LogP contribution < -0.4 is 16.0 Å². The first-order valence-electron chi connectivity index (χ1n) is 21.5. The molecule has 1 heterocycles. The third kappa shape index (κ3) is 16.1. The Balaban J connectivity index is 3.95. The van der Waals surface area contributed by atoms with Crippen LogP contribution in [0.2, 0.25) is 0 Å². The van der Waals surface area contributed by atoms with E-state index >= 15 is 0 Å². The molecular weight excluding hydrogens is 789 g/mol. The molecule has 9 atom stereocenters. The van der Waals surface area contributed by atoms with Gasteiger partial charge in [-0.2, -0.15) is 0 Å². The van der Waals surface area contributed by atoms with Crippen molar-refractivity contribution in [2.24, 2.45) is 17.8 Å². The molecule has 1 aliphatic heterocycles. The van der Waals surface area contributed by atoms with Crippen LogP contribution in [0.15, 0.2) is 0 Å². The van der Waals surface area contributed by atoms with Crippen molar-refractivity contribution in [1.29, 1.82) is 0 Å². The maximum absolute atomic E-state index is 14.5. The Morgan fingerprint density at radius 3 is 1.70 bits per heavy atom. The van der Waals surface area contributed by atoms with E-state index in [1.54, 1.807) is 27.7 Å². The number of carbonyl (C=O) groups excluding carboxylic acids is 8. The highest BCUT2D eigenvalue weighted by molar-refractivity contribution is 5.97. The van der Waals surface area contributed by atoms with Crippen LogP contribution in [0.4, 0.5) is 0 Å². The predicted octanol–water partition coefficient (Wildman–Crippen LogP) is 0.985. The normalized spacial score (nSPS) is 27.2. The van der Waals surface area contributed by atoms with Gasteiger partial charge in [0.05, 0.1) is 24.9 Å². The molecular formula is C43H78N8O10. The lowest BCUT2D eigenvalue weighted by atomic mass is 9.94. The Kier molecular flexibility index (Phi) is 21.3. The molecule has 1 fully saturated rings. The van der Waals surface area contributed by atoms with E-state index in [0.29, 0.717) is 6.42 Å². The van der Waals surface area contributed by atoms with Gasteiger partial charge in [0.15, 0.2) is 0 Å². The second-order valence-corrected chi connectivity index (χ2v) is 18.7. The molecule has 8 amide bonds.